The third kappa shape index (κ3) is 5.64. The van der Waals surface area contributed by atoms with Gasteiger partial charge in [0.2, 0.25) is 5.91 Å². The van der Waals surface area contributed by atoms with Gasteiger partial charge in [-0.15, -0.1) is 0 Å². The fraction of sp³-hybridized carbons (Fsp3) is 0.542. The quantitative estimate of drug-likeness (QED) is 0.798. The molecule has 1 N–H and O–H groups in total. The van der Waals surface area contributed by atoms with Crippen molar-refractivity contribution in [2.75, 3.05) is 26.2 Å². The van der Waals surface area contributed by atoms with E-state index in [2.05, 4.69) is 50.2 Å². The summed E-state index contributed by atoms with van der Waals surface area (Å²) < 4.78 is 0. The number of rotatable bonds is 6. The monoisotopic (exact) mass is 407 g/mol. The first-order valence-corrected chi connectivity index (χ1v) is 11.2. The third-order valence-corrected chi connectivity index (χ3v) is 6.40. The van der Waals surface area contributed by atoms with E-state index >= 15 is 0 Å². The summed E-state index contributed by atoms with van der Waals surface area (Å²) in [5.74, 6) is 0.269. The molecular weight excluding hydrogens is 374 g/mol. The topological polar surface area (TPSA) is 61.4 Å². The van der Waals surface area contributed by atoms with Crippen molar-refractivity contribution in [2.24, 2.45) is 5.92 Å². The number of piperidine rings is 2. The largest absolute Gasteiger partial charge is 0.350 e. The first kappa shape index (κ1) is 20.9. The number of likely N-dealkylation sites (tertiary alicyclic amines) is 2. The highest BCUT2D eigenvalue weighted by atomic mass is 16.1. The number of nitrogens with one attached hydrogen (secondary N) is 1. The fourth-order valence-corrected chi connectivity index (χ4v) is 4.74. The van der Waals surface area contributed by atoms with Crippen LogP contribution in [0.5, 0.6) is 0 Å². The van der Waals surface area contributed by atoms with Crippen LogP contribution in [0.2, 0.25) is 0 Å². The smallest absolute Gasteiger partial charge is 0.224 e. The van der Waals surface area contributed by atoms with Crippen molar-refractivity contribution in [3.63, 3.8) is 0 Å². The Labute approximate surface area is 179 Å². The first-order chi connectivity index (χ1) is 14.7. The number of hydrogen-bond acceptors (Lipinski definition) is 5. The Kier molecular flexibility index (Phi) is 7.07. The minimum Gasteiger partial charge on any atom is -0.350 e. The summed E-state index contributed by atoms with van der Waals surface area (Å²) in [5, 5.41) is 3.09. The van der Waals surface area contributed by atoms with Crippen molar-refractivity contribution in [1.82, 2.24) is 25.1 Å². The van der Waals surface area contributed by atoms with Gasteiger partial charge in [-0.25, -0.2) is 0 Å². The van der Waals surface area contributed by atoms with Gasteiger partial charge in [-0.05, 0) is 63.4 Å². The number of carbonyl (C=O) groups is 1. The Balaban J connectivity index is 1.23. The average molecular weight is 408 g/mol. The van der Waals surface area contributed by atoms with Gasteiger partial charge >= 0.3 is 0 Å². The SMILES string of the molecule is Cc1cccc(CN2CCC(N3CCCC(C(=O)NCc4ccccn4)C3)CC2)n1. The van der Waals surface area contributed by atoms with E-state index in [1.165, 1.54) is 12.8 Å². The minimum atomic E-state index is 0.0944. The number of hydrogen-bond donors (Lipinski definition) is 1. The predicted octanol–water partition coefficient (Wildman–Crippen LogP) is 2.78. The van der Waals surface area contributed by atoms with Crippen LogP contribution in [0.4, 0.5) is 0 Å². The molecule has 0 spiro atoms. The molecule has 6 nitrogen and oxygen atoms in total. The summed E-state index contributed by atoms with van der Waals surface area (Å²) in [6, 6.07) is 12.7. The van der Waals surface area contributed by atoms with Crippen LogP contribution >= 0.6 is 0 Å². The standard InChI is InChI=1S/C24H33N5O/c1-19-6-4-9-22(27-19)18-28-14-10-23(11-15-28)29-13-5-7-20(17-29)24(30)26-16-21-8-2-3-12-25-21/h2-4,6,8-9,12,20,23H,5,7,10-11,13-18H2,1H3,(H,26,30). The van der Waals surface area contributed by atoms with Crippen LogP contribution in [0, 0.1) is 12.8 Å². The van der Waals surface area contributed by atoms with Crippen LogP contribution in [0.3, 0.4) is 0 Å². The first-order valence-electron chi connectivity index (χ1n) is 11.2. The van der Waals surface area contributed by atoms with E-state index in [0.717, 1.165) is 62.6 Å². The van der Waals surface area contributed by atoms with Gasteiger partial charge in [-0.3, -0.25) is 24.6 Å². The van der Waals surface area contributed by atoms with Gasteiger partial charge in [-0.2, -0.15) is 0 Å². The molecule has 30 heavy (non-hydrogen) atoms. The van der Waals surface area contributed by atoms with Gasteiger partial charge in [0, 0.05) is 44.1 Å². The Morgan fingerprint density at radius 1 is 1.07 bits per heavy atom. The Morgan fingerprint density at radius 2 is 1.90 bits per heavy atom. The van der Waals surface area contributed by atoms with Crippen molar-refractivity contribution >= 4 is 5.91 Å². The molecule has 1 atom stereocenters. The Morgan fingerprint density at radius 3 is 2.67 bits per heavy atom. The van der Waals surface area contributed by atoms with Crippen molar-refractivity contribution in [1.29, 1.82) is 0 Å². The molecule has 2 aromatic rings. The lowest BCUT2D eigenvalue weighted by Gasteiger charge is -2.42. The molecule has 6 heteroatoms. The van der Waals surface area contributed by atoms with Crippen LogP contribution in [-0.4, -0.2) is 57.9 Å². The van der Waals surface area contributed by atoms with Gasteiger partial charge < -0.3 is 5.32 Å². The molecule has 4 rings (SSSR count). The van der Waals surface area contributed by atoms with Crippen molar-refractivity contribution in [2.45, 2.75) is 51.7 Å². The maximum Gasteiger partial charge on any atom is 0.224 e. The molecule has 2 saturated heterocycles. The molecule has 1 unspecified atom stereocenters. The summed E-state index contributed by atoms with van der Waals surface area (Å²) in [7, 11) is 0. The van der Waals surface area contributed by atoms with Crippen molar-refractivity contribution < 1.29 is 4.79 Å². The average Bonchev–Trinajstić information content (AvgIpc) is 2.79. The lowest BCUT2D eigenvalue weighted by atomic mass is 9.93. The highest BCUT2D eigenvalue weighted by molar-refractivity contribution is 5.78. The number of amides is 1. The molecular formula is C24H33N5O. The molecule has 160 valence electrons. The van der Waals surface area contributed by atoms with Crippen LogP contribution < -0.4 is 5.32 Å². The molecule has 0 aliphatic carbocycles. The van der Waals surface area contributed by atoms with Crippen LogP contribution in [0.25, 0.3) is 0 Å². The molecule has 2 aliphatic heterocycles. The van der Waals surface area contributed by atoms with E-state index in [4.69, 9.17) is 0 Å². The molecule has 0 radical (unpaired) electrons. The van der Waals surface area contributed by atoms with Gasteiger partial charge in [0.05, 0.1) is 23.9 Å². The highest BCUT2D eigenvalue weighted by Gasteiger charge is 2.31. The van der Waals surface area contributed by atoms with E-state index in [-0.39, 0.29) is 11.8 Å². The molecule has 0 bridgehead atoms. The second-order valence-electron chi connectivity index (χ2n) is 8.65. The summed E-state index contributed by atoms with van der Waals surface area (Å²) in [4.78, 5) is 26.7. The zero-order valence-corrected chi connectivity index (χ0v) is 18.0. The lowest BCUT2D eigenvalue weighted by molar-refractivity contribution is -0.127. The van der Waals surface area contributed by atoms with Crippen LogP contribution in [0.15, 0.2) is 42.6 Å². The number of carbonyl (C=O) groups excluding carboxylic acids is 1. The fourth-order valence-electron chi connectivity index (χ4n) is 4.74. The van der Waals surface area contributed by atoms with Crippen molar-refractivity contribution in [3.8, 4) is 0 Å². The Bertz CT molecular complexity index is 819. The van der Waals surface area contributed by atoms with Gasteiger partial charge in [0.25, 0.3) is 0 Å². The second-order valence-corrected chi connectivity index (χ2v) is 8.65. The maximum absolute atomic E-state index is 12.7. The van der Waals surface area contributed by atoms with Gasteiger partial charge in [0.1, 0.15) is 0 Å². The molecule has 0 aromatic carbocycles. The van der Waals surface area contributed by atoms with Crippen molar-refractivity contribution in [3.05, 3.63) is 59.7 Å². The summed E-state index contributed by atoms with van der Waals surface area (Å²) in [5.41, 5.74) is 3.16. The molecule has 0 saturated carbocycles. The summed E-state index contributed by atoms with van der Waals surface area (Å²) in [6.07, 6.45) is 6.21. The van der Waals surface area contributed by atoms with Crippen LogP contribution in [0.1, 0.15) is 42.8 Å². The number of pyridine rings is 2. The highest BCUT2D eigenvalue weighted by Crippen LogP contribution is 2.24. The van der Waals surface area contributed by atoms with E-state index < -0.39 is 0 Å². The molecule has 2 aromatic heterocycles. The Hall–Kier alpha value is -2.31. The maximum atomic E-state index is 12.7. The van der Waals surface area contributed by atoms with Gasteiger partial charge in [-0.1, -0.05) is 12.1 Å². The third-order valence-electron chi connectivity index (χ3n) is 6.40. The van der Waals surface area contributed by atoms with E-state index in [1.807, 2.05) is 18.2 Å². The molecule has 2 fully saturated rings. The lowest BCUT2D eigenvalue weighted by Crippen LogP contribution is -2.50. The van der Waals surface area contributed by atoms with E-state index in [1.54, 1.807) is 6.20 Å². The predicted molar refractivity (Wildman–Crippen MR) is 118 cm³/mol. The summed E-state index contributed by atoms with van der Waals surface area (Å²) in [6.45, 7) is 7.72. The number of aryl methyl sites for hydroxylation is 1. The normalized spacial score (nSPS) is 21.4. The zero-order chi connectivity index (χ0) is 20.8. The van der Waals surface area contributed by atoms with E-state index in [0.29, 0.717) is 12.6 Å². The number of nitrogens with zero attached hydrogens (tertiary/aromatic N) is 4. The van der Waals surface area contributed by atoms with Gasteiger partial charge in [0.15, 0.2) is 0 Å². The zero-order valence-electron chi connectivity index (χ0n) is 18.0. The molecule has 2 aliphatic rings. The number of aromatic nitrogens is 2. The van der Waals surface area contributed by atoms with E-state index in [9.17, 15) is 4.79 Å². The molecule has 1 amide bonds. The molecule has 4 heterocycles. The summed E-state index contributed by atoms with van der Waals surface area (Å²) >= 11 is 0. The van der Waals surface area contributed by atoms with Crippen LogP contribution in [-0.2, 0) is 17.9 Å². The minimum absolute atomic E-state index is 0.0944. The second kappa shape index (κ2) is 10.1.